The molecular formula is C16H12ClFN4O2S2. The summed E-state index contributed by atoms with van der Waals surface area (Å²) in [6.07, 6.45) is 2.27. The Kier molecular flexibility index (Phi) is 6.02. The number of carbonyl (C=O) groups is 1. The fraction of sp³-hybridized carbons (Fsp3) is 0.125. The van der Waals surface area contributed by atoms with E-state index >= 15 is 0 Å². The van der Waals surface area contributed by atoms with Gasteiger partial charge >= 0.3 is 6.09 Å². The molecule has 0 radical (unpaired) electrons. The molecule has 0 saturated carbocycles. The normalized spacial score (nSPS) is 10.7. The van der Waals surface area contributed by atoms with Crippen molar-refractivity contribution in [3.05, 3.63) is 52.8 Å². The van der Waals surface area contributed by atoms with Crippen molar-refractivity contribution >= 4 is 40.8 Å². The van der Waals surface area contributed by atoms with Crippen LogP contribution in [-0.2, 0) is 6.42 Å². The van der Waals surface area contributed by atoms with Crippen LogP contribution in [0, 0.1) is 5.95 Å². The molecule has 3 aromatic rings. The molecule has 2 N–H and O–H groups in total. The average molecular weight is 411 g/mol. The molecule has 0 fully saturated rings. The minimum Gasteiger partial charge on any atom is -0.465 e. The zero-order valence-corrected chi connectivity index (χ0v) is 15.5. The first-order valence-electron chi connectivity index (χ1n) is 7.39. The Morgan fingerprint density at radius 1 is 1.35 bits per heavy atom. The molecule has 10 heteroatoms. The van der Waals surface area contributed by atoms with Crippen molar-refractivity contribution in [2.45, 2.75) is 15.5 Å². The van der Waals surface area contributed by atoms with Gasteiger partial charge in [-0.3, -0.25) is 0 Å². The molecule has 6 nitrogen and oxygen atoms in total. The van der Waals surface area contributed by atoms with Crippen LogP contribution in [-0.4, -0.2) is 32.7 Å². The van der Waals surface area contributed by atoms with Crippen LogP contribution in [0.3, 0.4) is 0 Å². The van der Waals surface area contributed by atoms with E-state index in [0.717, 1.165) is 9.10 Å². The number of pyridine rings is 2. The number of amides is 1. The number of aromatic nitrogens is 3. The number of nitrogens with zero attached hydrogens (tertiary/aromatic N) is 3. The molecule has 3 rings (SSSR count). The van der Waals surface area contributed by atoms with Crippen molar-refractivity contribution < 1.29 is 14.3 Å². The topological polar surface area (TPSA) is 88.0 Å². The van der Waals surface area contributed by atoms with Crippen LogP contribution in [0.25, 0.3) is 11.3 Å². The largest absolute Gasteiger partial charge is 0.465 e. The molecule has 0 aromatic carbocycles. The lowest BCUT2D eigenvalue weighted by molar-refractivity contribution is 0.194. The first-order valence-corrected chi connectivity index (χ1v) is 9.41. The van der Waals surface area contributed by atoms with Gasteiger partial charge in [0.15, 0.2) is 0 Å². The Balaban J connectivity index is 1.93. The van der Waals surface area contributed by atoms with Gasteiger partial charge in [-0.15, -0.1) is 11.3 Å². The fourth-order valence-electron chi connectivity index (χ4n) is 2.09. The van der Waals surface area contributed by atoms with Crippen molar-refractivity contribution in [3.63, 3.8) is 0 Å². The highest BCUT2D eigenvalue weighted by molar-refractivity contribution is 8.01. The van der Waals surface area contributed by atoms with E-state index in [1.165, 1.54) is 29.3 Å². The summed E-state index contributed by atoms with van der Waals surface area (Å²) in [7, 11) is 0. The molecule has 0 aliphatic carbocycles. The minimum atomic E-state index is -1.10. The second-order valence-corrected chi connectivity index (χ2v) is 7.80. The van der Waals surface area contributed by atoms with E-state index in [-0.39, 0.29) is 6.54 Å². The van der Waals surface area contributed by atoms with Crippen molar-refractivity contribution in [2.75, 3.05) is 6.54 Å². The van der Waals surface area contributed by atoms with E-state index < -0.39 is 12.0 Å². The number of hydrogen-bond acceptors (Lipinski definition) is 6. The molecule has 26 heavy (non-hydrogen) atoms. The highest BCUT2D eigenvalue weighted by Gasteiger charge is 2.18. The SMILES string of the molecule is O=C(O)NCCc1nc(-c2cccnc2F)c(Sc2ccnc(Cl)c2)s1. The molecule has 1 amide bonds. The molecular weight excluding hydrogens is 399 g/mol. The zero-order valence-electron chi connectivity index (χ0n) is 13.1. The maximum atomic E-state index is 14.1. The molecule has 0 aliphatic rings. The maximum absolute atomic E-state index is 14.1. The number of carboxylic acid groups (broad SMARTS) is 1. The van der Waals surface area contributed by atoms with Gasteiger partial charge < -0.3 is 10.4 Å². The van der Waals surface area contributed by atoms with E-state index in [0.29, 0.717) is 27.8 Å². The van der Waals surface area contributed by atoms with Gasteiger partial charge in [-0.2, -0.15) is 4.39 Å². The molecule has 0 aliphatic heterocycles. The summed E-state index contributed by atoms with van der Waals surface area (Å²) in [4.78, 5) is 23.6. The van der Waals surface area contributed by atoms with Gasteiger partial charge in [0.1, 0.15) is 10.8 Å². The number of hydrogen-bond donors (Lipinski definition) is 2. The Hall–Kier alpha value is -2.23. The lowest BCUT2D eigenvalue weighted by Crippen LogP contribution is -2.23. The molecule has 3 aromatic heterocycles. The highest BCUT2D eigenvalue weighted by Crippen LogP contribution is 2.41. The highest BCUT2D eigenvalue weighted by atomic mass is 35.5. The van der Waals surface area contributed by atoms with Gasteiger partial charge in [0.25, 0.3) is 0 Å². The summed E-state index contributed by atoms with van der Waals surface area (Å²) in [6, 6.07) is 6.76. The number of thiazole rings is 1. The van der Waals surface area contributed by atoms with Gasteiger partial charge in [0.05, 0.1) is 14.8 Å². The average Bonchev–Trinajstić information content (AvgIpc) is 2.97. The third kappa shape index (κ3) is 4.69. The smallest absolute Gasteiger partial charge is 0.404 e. The third-order valence-corrected chi connectivity index (χ3v) is 5.66. The van der Waals surface area contributed by atoms with E-state index in [1.54, 1.807) is 30.5 Å². The summed E-state index contributed by atoms with van der Waals surface area (Å²) in [6.45, 7) is 0.225. The van der Waals surface area contributed by atoms with Crippen LogP contribution in [0.4, 0.5) is 9.18 Å². The van der Waals surface area contributed by atoms with Crippen molar-refractivity contribution in [3.8, 4) is 11.3 Å². The van der Waals surface area contributed by atoms with Crippen molar-refractivity contribution in [2.24, 2.45) is 0 Å². The number of rotatable bonds is 6. The quantitative estimate of drug-likeness (QED) is 0.587. The molecule has 0 bridgehead atoms. The monoisotopic (exact) mass is 410 g/mol. The summed E-state index contributed by atoms with van der Waals surface area (Å²) in [5, 5.41) is 12.0. The molecule has 0 atom stereocenters. The molecule has 0 saturated heterocycles. The molecule has 3 heterocycles. The van der Waals surface area contributed by atoms with Crippen LogP contribution in [0.5, 0.6) is 0 Å². The van der Waals surface area contributed by atoms with Gasteiger partial charge in [-0.1, -0.05) is 23.4 Å². The van der Waals surface area contributed by atoms with Crippen LogP contribution in [0.2, 0.25) is 5.15 Å². The first kappa shape index (κ1) is 18.6. The lowest BCUT2D eigenvalue weighted by Gasteiger charge is -2.03. The summed E-state index contributed by atoms with van der Waals surface area (Å²) in [5.41, 5.74) is 0.771. The summed E-state index contributed by atoms with van der Waals surface area (Å²) >= 11 is 8.70. The van der Waals surface area contributed by atoms with Crippen molar-refractivity contribution in [1.82, 2.24) is 20.3 Å². The predicted octanol–water partition coefficient (Wildman–Crippen LogP) is 4.35. The van der Waals surface area contributed by atoms with Crippen LogP contribution >= 0.6 is 34.7 Å². The summed E-state index contributed by atoms with van der Waals surface area (Å²) in [5.74, 6) is -0.609. The van der Waals surface area contributed by atoms with Crippen LogP contribution in [0.1, 0.15) is 5.01 Å². The minimum absolute atomic E-state index is 0.225. The second-order valence-electron chi connectivity index (χ2n) is 4.98. The molecule has 0 spiro atoms. The number of halogens is 2. The Labute approximate surface area is 161 Å². The Morgan fingerprint density at radius 2 is 2.19 bits per heavy atom. The fourth-order valence-corrected chi connectivity index (χ4v) is 4.64. The Bertz CT molecular complexity index is 938. The van der Waals surface area contributed by atoms with E-state index in [1.807, 2.05) is 0 Å². The standard InChI is InChI=1S/C16H12ClFN4O2S2/c17-11-8-9(3-6-19-11)25-15-13(10-2-1-5-20-14(10)18)22-12(26-15)4-7-21-16(23)24/h1-3,5-6,8,21H,4,7H2,(H,23,24). The first-order chi connectivity index (χ1) is 12.5. The van der Waals surface area contributed by atoms with E-state index in [2.05, 4.69) is 20.3 Å². The van der Waals surface area contributed by atoms with Crippen LogP contribution in [0.15, 0.2) is 45.8 Å². The van der Waals surface area contributed by atoms with Crippen LogP contribution < -0.4 is 5.32 Å². The van der Waals surface area contributed by atoms with Gasteiger partial charge in [0, 0.05) is 30.3 Å². The molecule has 0 unspecified atom stereocenters. The summed E-state index contributed by atoms with van der Waals surface area (Å²) < 4.78 is 14.9. The van der Waals surface area contributed by atoms with Gasteiger partial charge in [-0.25, -0.2) is 19.7 Å². The Morgan fingerprint density at radius 3 is 2.92 bits per heavy atom. The van der Waals surface area contributed by atoms with Gasteiger partial charge in [-0.05, 0) is 24.3 Å². The maximum Gasteiger partial charge on any atom is 0.404 e. The lowest BCUT2D eigenvalue weighted by atomic mass is 10.2. The predicted molar refractivity (Wildman–Crippen MR) is 98.4 cm³/mol. The van der Waals surface area contributed by atoms with Crippen molar-refractivity contribution in [1.29, 1.82) is 0 Å². The van der Waals surface area contributed by atoms with E-state index in [4.69, 9.17) is 16.7 Å². The van der Waals surface area contributed by atoms with Gasteiger partial charge in [0.2, 0.25) is 5.95 Å². The third-order valence-electron chi connectivity index (χ3n) is 3.18. The zero-order chi connectivity index (χ0) is 18.5. The van der Waals surface area contributed by atoms with E-state index in [9.17, 15) is 9.18 Å². The second kappa shape index (κ2) is 8.43. The molecule has 134 valence electrons. The number of nitrogens with one attached hydrogen (secondary N) is 1.